The van der Waals surface area contributed by atoms with Crippen LogP contribution in [-0.4, -0.2) is 24.1 Å². The lowest BCUT2D eigenvalue weighted by Crippen LogP contribution is -2.25. The largest absolute Gasteiger partial charge is 0.370 e. The maximum atomic E-state index is 12.5. The summed E-state index contributed by atoms with van der Waals surface area (Å²) in [5.41, 5.74) is 5.39. The molecule has 5 nitrogen and oxygen atoms in total. The second kappa shape index (κ2) is 9.88. The number of fused-ring (bicyclic) bond motifs is 3. The van der Waals surface area contributed by atoms with Gasteiger partial charge in [0, 0.05) is 40.4 Å². The summed E-state index contributed by atoms with van der Waals surface area (Å²) in [6.45, 7) is 6.40. The molecular formula is C26H27ClN4O. The molecule has 0 saturated carbocycles. The van der Waals surface area contributed by atoms with Crippen molar-refractivity contribution in [3.05, 3.63) is 71.8 Å². The van der Waals surface area contributed by atoms with E-state index in [2.05, 4.69) is 53.6 Å². The number of rotatable bonds is 7. The zero-order valence-electron chi connectivity index (χ0n) is 18.4. The van der Waals surface area contributed by atoms with E-state index in [1.165, 1.54) is 5.69 Å². The summed E-state index contributed by atoms with van der Waals surface area (Å²) in [4.78, 5) is 19.9. The van der Waals surface area contributed by atoms with E-state index in [-0.39, 0.29) is 6.03 Å². The Labute approximate surface area is 193 Å². The fourth-order valence-electron chi connectivity index (χ4n) is 4.00. The van der Waals surface area contributed by atoms with Crippen molar-refractivity contribution >= 4 is 45.6 Å². The SMILES string of the molecule is CCCN(CCC)c1cccc2c3cccc(NC(=O)Nc4cccc(Cl)c4)cc-3nc12. The standard InChI is InChI=1S/C26H27ClN4O/c1-3-14-31(15-4-2)24-13-7-12-22-21-11-6-10-20(17-23(21)30-25(22)24)29-26(32)28-19-9-5-8-18(27)16-19/h5-13,16-17H,3-4,14-15H2,1-2H3,(H2,28,29,32). The molecule has 1 aliphatic heterocycles. The van der Waals surface area contributed by atoms with Crippen LogP contribution in [0.15, 0.2) is 66.7 Å². The minimum Gasteiger partial charge on any atom is -0.370 e. The number of carbonyl (C=O) groups is 1. The highest BCUT2D eigenvalue weighted by atomic mass is 35.5. The minimum atomic E-state index is -0.333. The van der Waals surface area contributed by atoms with Crippen LogP contribution >= 0.6 is 11.6 Å². The van der Waals surface area contributed by atoms with Crippen molar-refractivity contribution in [1.82, 2.24) is 4.98 Å². The molecule has 2 aromatic carbocycles. The van der Waals surface area contributed by atoms with Gasteiger partial charge in [-0.1, -0.05) is 55.8 Å². The van der Waals surface area contributed by atoms with Crippen LogP contribution in [-0.2, 0) is 0 Å². The zero-order valence-corrected chi connectivity index (χ0v) is 19.1. The molecule has 164 valence electrons. The van der Waals surface area contributed by atoms with Crippen LogP contribution in [0.1, 0.15) is 26.7 Å². The molecule has 2 aliphatic rings. The zero-order chi connectivity index (χ0) is 22.5. The van der Waals surface area contributed by atoms with Crippen molar-refractivity contribution in [1.29, 1.82) is 0 Å². The number of nitrogens with zero attached hydrogens (tertiary/aromatic N) is 2. The van der Waals surface area contributed by atoms with Gasteiger partial charge in [-0.25, -0.2) is 9.78 Å². The van der Waals surface area contributed by atoms with Gasteiger partial charge in [-0.2, -0.15) is 0 Å². The summed E-state index contributed by atoms with van der Waals surface area (Å²) in [5.74, 6) is 0. The van der Waals surface area contributed by atoms with Crippen molar-refractivity contribution in [3.8, 4) is 11.3 Å². The molecule has 32 heavy (non-hydrogen) atoms. The molecule has 2 aromatic rings. The quantitative estimate of drug-likeness (QED) is 0.314. The fraction of sp³-hybridized carbons (Fsp3) is 0.231. The molecule has 0 unspecified atom stereocenters. The third kappa shape index (κ3) is 4.78. The van der Waals surface area contributed by atoms with E-state index in [0.29, 0.717) is 16.4 Å². The number of hydrogen-bond donors (Lipinski definition) is 2. The summed E-state index contributed by atoms with van der Waals surface area (Å²) in [6, 6.07) is 20.9. The lowest BCUT2D eigenvalue weighted by Gasteiger charge is -2.24. The van der Waals surface area contributed by atoms with Crippen LogP contribution in [0.5, 0.6) is 0 Å². The number of anilines is 3. The lowest BCUT2D eigenvalue weighted by molar-refractivity contribution is 0.262. The fourth-order valence-corrected chi connectivity index (χ4v) is 4.19. The van der Waals surface area contributed by atoms with Gasteiger partial charge < -0.3 is 15.5 Å². The summed E-state index contributed by atoms with van der Waals surface area (Å²) in [7, 11) is 0. The Bertz CT molecular complexity index is 1200. The lowest BCUT2D eigenvalue weighted by atomic mass is 10.1. The Morgan fingerprint density at radius 1 is 0.906 bits per heavy atom. The minimum absolute atomic E-state index is 0.333. The summed E-state index contributed by atoms with van der Waals surface area (Å²) in [5, 5.41) is 7.40. The number of urea groups is 1. The molecular weight excluding hydrogens is 420 g/mol. The van der Waals surface area contributed by atoms with Crippen LogP contribution in [0, 0.1) is 0 Å². The Balaban J connectivity index is 1.65. The van der Waals surface area contributed by atoms with E-state index < -0.39 is 0 Å². The molecule has 0 bridgehead atoms. The van der Waals surface area contributed by atoms with E-state index in [1.807, 2.05) is 18.2 Å². The van der Waals surface area contributed by atoms with E-state index in [0.717, 1.165) is 48.1 Å². The van der Waals surface area contributed by atoms with E-state index in [9.17, 15) is 4.79 Å². The van der Waals surface area contributed by atoms with Crippen LogP contribution in [0.25, 0.3) is 22.2 Å². The summed E-state index contributed by atoms with van der Waals surface area (Å²) in [6.07, 6.45) is 2.17. The number of benzene rings is 2. The van der Waals surface area contributed by atoms with Gasteiger partial charge in [-0.3, -0.25) is 0 Å². The highest BCUT2D eigenvalue weighted by Crippen LogP contribution is 2.36. The number of para-hydroxylation sites is 1. The molecule has 0 aromatic heterocycles. The summed E-state index contributed by atoms with van der Waals surface area (Å²) < 4.78 is 0. The molecule has 0 saturated heterocycles. The van der Waals surface area contributed by atoms with Crippen molar-refractivity contribution in [2.24, 2.45) is 0 Å². The Hall–Kier alpha value is -3.31. The first-order valence-corrected chi connectivity index (χ1v) is 11.4. The number of amides is 2. The van der Waals surface area contributed by atoms with Gasteiger partial charge in [0.1, 0.15) is 0 Å². The second-order valence-corrected chi connectivity index (χ2v) is 8.22. The van der Waals surface area contributed by atoms with Crippen LogP contribution in [0.3, 0.4) is 0 Å². The number of aromatic nitrogens is 1. The van der Waals surface area contributed by atoms with Crippen molar-refractivity contribution < 1.29 is 4.79 Å². The van der Waals surface area contributed by atoms with Crippen LogP contribution in [0.2, 0.25) is 5.02 Å². The van der Waals surface area contributed by atoms with Gasteiger partial charge in [0.25, 0.3) is 0 Å². The Morgan fingerprint density at radius 3 is 2.25 bits per heavy atom. The van der Waals surface area contributed by atoms with Crippen LogP contribution < -0.4 is 15.5 Å². The average Bonchev–Trinajstić information content (AvgIpc) is 2.98. The van der Waals surface area contributed by atoms with Gasteiger partial charge in [0.05, 0.1) is 16.9 Å². The van der Waals surface area contributed by atoms with Crippen molar-refractivity contribution in [3.63, 3.8) is 0 Å². The molecule has 0 atom stereocenters. The Kier molecular flexibility index (Phi) is 6.76. The van der Waals surface area contributed by atoms with Gasteiger partial charge in [-0.05, 0) is 49.2 Å². The normalized spacial score (nSPS) is 11.0. The topological polar surface area (TPSA) is 57.3 Å². The molecule has 0 fully saturated rings. The number of hydrogen-bond acceptors (Lipinski definition) is 3. The van der Waals surface area contributed by atoms with E-state index in [1.54, 1.807) is 24.3 Å². The smallest absolute Gasteiger partial charge is 0.323 e. The van der Waals surface area contributed by atoms with Gasteiger partial charge in [0.15, 0.2) is 0 Å². The maximum absolute atomic E-state index is 12.5. The maximum Gasteiger partial charge on any atom is 0.323 e. The highest BCUT2D eigenvalue weighted by Gasteiger charge is 2.17. The Morgan fingerprint density at radius 2 is 1.56 bits per heavy atom. The third-order valence-electron chi connectivity index (χ3n) is 5.31. The number of carbonyl (C=O) groups excluding carboxylic acids is 1. The second-order valence-electron chi connectivity index (χ2n) is 7.79. The first-order chi connectivity index (χ1) is 15.6. The summed E-state index contributed by atoms with van der Waals surface area (Å²) >= 11 is 6.00. The van der Waals surface area contributed by atoms with Crippen LogP contribution in [0.4, 0.5) is 21.9 Å². The number of nitrogens with one attached hydrogen (secondary N) is 2. The monoisotopic (exact) mass is 446 g/mol. The molecule has 1 aliphatic carbocycles. The first kappa shape index (κ1) is 21.9. The molecule has 1 heterocycles. The van der Waals surface area contributed by atoms with Gasteiger partial charge in [0.2, 0.25) is 0 Å². The predicted molar refractivity (Wildman–Crippen MR) is 135 cm³/mol. The molecule has 0 radical (unpaired) electrons. The van der Waals surface area contributed by atoms with Gasteiger partial charge >= 0.3 is 6.03 Å². The highest BCUT2D eigenvalue weighted by molar-refractivity contribution is 6.30. The molecule has 4 rings (SSSR count). The first-order valence-electron chi connectivity index (χ1n) is 11.0. The number of halogens is 1. The molecule has 0 spiro atoms. The average molecular weight is 447 g/mol. The molecule has 2 N–H and O–H groups in total. The molecule has 2 amide bonds. The molecule has 6 heteroatoms. The predicted octanol–water partition coefficient (Wildman–Crippen LogP) is 7.26. The van der Waals surface area contributed by atoms with Gasteiger partial charge in [-0.15, -0.1) is 0 Å². The van der Waals surface area contributed by atoms with Crippen molar-refractivity contribution in [2.75, 3.05) is 28.6 Å². The van der Waals surface area contributed by atoms with Crippen molar-refractivity contribution in [2.45, 2.75) is 26.7 Å². The third-order valence-corrected chi connectivity index (χ3v) is 5.55. The van der Waals surface area contributed by atoms with E-state index in [4.69, 9.17) is 16.6 Å². The van der Waals surface area contributed by atoms with E-state index >= 15 is 0 Å².